The van der Waals surface area contributed by atoms with Crippen LogP contribution in [0.5, 0.6) is 0 Å². The standard InChI is InChI=1S/C25H29F2N3O5S/c26-21-9-17(28-11-18(31)14-30-24(32)19-3-1-2-4-20(19)25(30)33)10-22(27)23(21)29-12-15-5-7-36(34,35)8-6-16(15)13-29/h1-4,9-10,15-16,18,28,31,34-35H,5-8,11-14H2/t15?,16?,18-/m1/s1. The fraction of sp³-hybridized carbons (Fsp3) is 0.440. The van der Waals surface area contributed by atoms with Crippen LogP contribution < -0.4 is 10.2 Å². The monoisotopic (exact) mass is 521 g/mol. The number of carbonyl (C=O) groups excluding carboxylic acids is 2. The van der Waals surface area contributed by atoms with Gasteiger partial charge in [-0.3, -0.25) is 23.6 Å². The number of anilines is 2. The molecule has 2 saturated heterocycles. The van der Waals surface area contributed by atoms with E-state index in [2.05, 4.69) is 5.32 Å². The molecule has 2 amide bonds. The Labute approximate surface area is 209 Å². The number of aliphatic hydroxyl groups is 1. The van der Waals surface area contributed by atoms with Crippen molar-refractivity contribution in [2.45, 2.75) is 18.9 Å². The molecular formula is C25H29F2N3O5S. The fourth-order valence-corrected chi connectivity index (χ4v) is 7.01. The van der Waals surface area contributed by atoms with Crippen LogP contribution in [0.4, 0.5) is 20.2 Å². The van der Waals surface area contributed by atoms with Crippen molar-refractivity contribution in [3.05, 3.63) is 59.2 Å². The van der Waals surface area contributed by atoms with Crippen LogP contribution in [-0.4, -0.2) is 74.7 Å². The Morgan fingerprint density at radius 3 is 2.03 bits per heavy atom. The highest BCUT2D eigenvalue weighted by atomic mass is 32.3. The van der Waals surface area contributed by atoms with Crippen LogP contribution in [0.1, 0.15) is 33.6 Å². The molecule has 0 aliphatic carbocycles. The number of halogens is 2. The average molecular weight is 522 g/mol. The van der Waals surface area contributed by atoms with Crippen LogP contribution in [0.25, 0.3) is 0 Å². The molecule has 2 aromatic carbocycles. The molecule has 36 heavy (non-hydrogen) atoms. The second-order valence-corrected chi connectivity index (χ2v) is 12.2. The number of nitrogens with zero attached hydrogens (tertiary/aromatic N) is 2. The molecular weight excluding hydrogens is 492 g/mol. The summed E-state index contributed by atoms with van der Waals surface area (Å²) in [5, 5.41) is 13.2. The summed E-state index contributed by atoms with van der Waals surface area (Å²) in [6.45, 7) is 0.551. The zero-order valence-corrected chi connectivity index (χ0v) is 20.4. The van der Waals surface area contributed by atoms with E-state index in [1.54, 1.807) is 29.2 Å². The number of rotatable bonds is 6. The number of hydrogen-bond donors (Lipinski definition) is 4. The highest BCUT2D eigenvalue weighted by Crippen LogP contribution is 2.48. The maximum atomic E-state index is 15.0. The number of amides is 2. The van der Waals surface area contributed by atoms with E-state index in [1.807, 2.05) is 0 Å². The Morgan fingerprint density at radius 2 is 1.50 bits per heavy atom. The zero-order chi connectivity index (χ0) is 25.6. The zero-order valence-electron chi connectivity index (χ0n) is 19.6. The van der Waals surface area contributed by atoms with Crippen LogP contribution in [0.2, 0.25) is 0 Å². The molecule has 3 atom stereocenters. The van der Waals surface area contributed by atoms with Crippen molar-refractivity contribution in [3.8, 4) is 0 Å². The first kappa shape index (κ1) is 24.9. The van der Waals surface area contributed by atoms with Crippen molar-refractivity contribution in [1.29, 1.82) is 0 Å². The average Bonchev–Trinajstić information content (AvgIpc) is 3.29. The molecule has 5 rings (SSSR count). The number of carbonyl (C=O) groups is 2. The van der Waals surface area contributed by atoms with Gasteiger partial charge in [-0.05, 0) is 48.9 Å². The summed E-state index contributed by atoms with van der Waals surface area (Å²) >= 11 is 0. The van der Waals surface area contributed by atoms with Gasteiger partial charge < -0.3 is 15.3 Å². The first-order chi connectivity index (χ1) is 17.1. The van der Waals surface area contributed by atoms with Crippen molar-refractivity contribution in [2.75, 3.05) is 47.9 Å². The van der Waals surface area contributed by atoms with E-state index in [1.165, 1.54) is 0 Å². The molecule has 2 unspecified atom stereocenters. The van der Waals surface area contributed by atoms with Gasteiger partial charge in [0.25, 0.3) is 11.8 Å². The molecule has 11 heteroatoms. The minimum Gasteiger partial charge on any atom is -0.389 e. The minimum absolute atomic E-state index is 0.105. The van der Waals surface area contributed by atoms with Gasteiger partial charge in [0.2, 0.25) is 0 Å². The lowest BCUT2D eigenvalue weighted by molar-refractivity contribution is 0.0558. The molecule has 2 aromatic rings. The van der Waals surface area contributed by atoms with Gasteiger partial charge in [-0.1, -0.05) is 12.1 Å². The molecule has 3 aliphatic rings. The summed E-state index contributed by atoms with van der Waals surface area (Å²) in [5.74, 6) is -1.44. The lowest BCUT2D eigenvalue weighted by Gasteiger charge is -2.31. The van der Waals surface area contributed by atoms with E-state index < -0.39 is 40.1 Å². The SMILES string of the molecule is O=C1c2ccccc2C(=O)N1C[C@H](O)CNc1cc(F)c(N2CC3CCS(O)(O)CCC3C2)c(F)c1. The highest BCUT2D eigenvalue weighted by molar-refractivity contribution is 8.24. The van der Waals surface area contributed by atoms with Crippen LogP contribution in [0, 0.1) is 23.5 Å². The molecule has 3 heterocycles. The predicted octanol–water partition coefficient (Wildman–Crippen LogP) is 3.63. The maximum Gasteiger partial charge on any atom is 0.261 e. The first-order valence-corrected chi connectivity index (χ1v) is 13.9. The van der Waals surface area contributed by atoms with Gasteiger partial charge in [0.1, 0.15) is 5.69 Å². The predicted molar refractivity (Wildman–Crippen MR) is 134 cm³/mol. The summed E-state index contributed by atoms with van der Waals surface area (Å²) in [6, 6.07) is 8.75. The number of aliphatic hydroxyl groups excluding tert-OH is 1. The second kappa shape index (κ2) is 9.62. The Kier molecular flexibility index (Phi) is 6.67. The number of nitrogens with one attached hydrogen (secondary N) is 1. The van der Waals surface area contributed by atoms with Gasteiger partial charge in [0.15, 0.2) is 11.6 Å². The Bertz CT molecular complexity index is 1120. The summed E-state index contributed by atoms with van der Waals surface area (Å²) in [7, 11) is -2.54. The molecule has 194 valence electrons. The van der Waals surface area contributed by atoms with Crippen molar-refractivity contribution < 1.29 is 32.6 Å². The van der Waals surface area contributed by atoms with Gasteiger partial charge in [0.05, 0.1) is 23.8 Å². The van der Waals surface area contributed by atoms with Crippen LogP contribution in [0.15, 0.2) is 36.4 Å². The lowest BCUT2D eigenvalue weighted by atomic mass is 9.92. The largest absolute Gasteiger partial charge is 0.389 e. The van der Waals surface area contributed by atoms with Gasteiger partial charge in [-0.25, -0.2) is 8.78 Å². The summed E-state index contributed by atoms with van der Waals surface area (Å²) < 4.78 is 50.0. The third-order valence-corrected chi connectivity index (χ3v) is 9.13. The van der Waals surface area contributed by atoms with E-state index in [0.717, 1.165) is 17.0 Å². The van der Waals surface area contributed by atoms with E-state index in [-0.39, 0.29) is 47.4 Å². The Morgan fingerprint density at radius 1 is 0.972 bits per heavy atom. The second-order valence-electron chi connectivity index (χ2n) is 9.80. The Hall–Kier alpha value is -2.73. The fourth-order valence-electron chi connectivity index (χ4n) is 5.44. The summed E-state index contributed by atoms with van der Waals surface area (Å²) in [6.07, 6.45) is 0.102. The summed E-state index contributed by atoms with van der Waals surface area (Å²) in [5.41, 5.74) is 0.602. The number of benzene rings is 2. The van der Waals surface area contributed by atoms with E-state index in [9.17, 15) is 32.6 Å². The molecule has 0 saturated carbocycles. The first-order valence-electron chi connectivity index (χ1n) is 12.0. The molecule has 3 aliphatic heterocycles. The van der Waals surface area contributed by atoms with Crippen molar-refractivity contribution >= 4 is 33.8 Å². The van der Waals surface area contributed by atoms with Crippen LogP contribution >= 0.6 is 10.6 Å². The molecule has 0 bridgehead atoms. The molecule has 4 N–H and O–H groups in total. The lowest BCUT2D eigenvalue weighted by Crippen LogP contribution is -2.39. The molecule has 0 aromatic heterocycles. The maximum absolute atomic E-state index is 15.0. The van der Waals surface area contributed by atoms with Gasteiger partial charge >= 0.3 is 0 Å². The number of imide groups is 1. The Balaban J connectivity index is 1.20. The number of β-amino-alcohol motifs (C(OH)–C–C–N with tert-alkyl or cyclic N) is 1. The minimum atomic E-state index is -2.54. The van der Waals surface area contributed by atoms with Gasteiger partial charge in [0, 0.05) is 36.8 Å². The van der Waals surface area contributed by atoms with Crippen LogP contribution in [-0.2, 0) is 0 Å². The highest BCUT2D eigenvalue weighted by Gasteiger charge is 2.39. The number of fused-ring (bicyclic) bond motifs is 2. The molecule has 2 fully saturated rings. The van der Waals surface area contributed by atoms with Crippen LogP contribution in [0.3, 0.4) is 0 Å². The number of hydrogen-bond acceptors (Lipinski definition) is 7. The smallest absolute Gasteiger partial charge is 0.261 e. The quantitative estimate of drug-likeness (QED) is 0.430. The molecule has 8 nitrogen and oxygen atoms in total. The van der Waals surface area contributed by atoms with E-state index in [4.69, 9.17) is 0 Å². The van der Waals surface area contributed by atoms with Crippen molar-refractivity contribution in [1.82, 2.24) is 4.90 Å². The topological polar surface area (TPSA) is 113 Å². The third kappa shape index (κ3) is 4.80. The van der Waals surface area contributed by atoms with E-state index in [0.29, 0.717) is 37.4 Å². The normalized spacial score (nSPS) is 24.8. The van der Waals surface area contributed by atoms with Crippen molar-refractivity contribution in [2.24, 2.45) is 11.8 Å². The third-order valence-electron chi connectivity index (χ3n) is 7.35. The molecule has 0 spiro atoms. The molecule has 0 radical (unpaired) electrons. The van der Waals surface area contributed by atoms with Gasteiger partial charge in [-0.2, -0.15) is 10.6 Å². The van der Waals surface area contributed by atoms with E-state index >= 15 is 0 Å². The summed E-state index contributed by atoms with van der Waals surface area (Å²) in [4.78, 5) is 27.6. The van der Waals surface area contributed by atoms with Crippen molar-refractivity contribution in [3.63, 3.8) is 0 Å². The van der Waals surface area contributed by atoms with Gasteiger partial charge in [-0.15, -0.1) is 0 Å².